The van der Waals surface area contributed by atoms with Crippen LogP contribution >= 0.6 is 0 Å². The Labute approximate surface area is 164 Å². The van der Waals surface area contributed by atoms with Gasteiger partial charge in [-0.2, -0.15) is 5.26 Å². The predicted molar refractivity (Wildman–Crippen MR) is 106 cm³/mol. The molecule has 0 N–H and O–H groups in total. The van der Waals surface area contributed by atoms with E-state index in [2.05, 4.69) is 36.9 Å². The average molecular weight is 377 g/mol. The molecule has 0 atom stereocenters. The molecule has 0 unspecified atom stereocenters. The van der Waals surface area contributed by atoms with Gasteiger partial charge < -0.3 is 14.5 Å². The fraction of sp³-hybridized carbons (Fsp3) is 0.318. The van der Waals surface area contributed by atoms with Gasteiger partial charge in [-0.1, -0.05) is 12.1 Å². The van der Waals surface area contributed by atoms with Crippen molar-refractivity contribution in [2.45, 2.75) is 13.8 Å². The first-order chi connectivity index (χ1) is 13.5. The quantitative estimate of drug-likeness (QED) is 0.766. The summed E-state index contributed by atoms with van der Waals surface area (Å²) >= 11 is 0. The molecule has 3 rings (SSSR count). The highest BCUT2D eigenvalue weighted by molar-refractivity contribution is 5.91. The first-order valence-electron chi connectivity index (χ1n) is 9.26. The van der Waals surface area contributed by atoms with E-state index in [4.69, 9.17) is 10.00 Å². The van der Waals surface area contributed by atoms with Crippen molar-refractivity contribution >= 4 is 17.6 Å². The molecular weight excluding hydrogens is 354 g/mol. The third kappa shape index (κ3) is 4.32. The highest BCUT2D eigenvalue weighted by atomic mass is 16.5. The number of benzene rings is 2. The first kappa shape index (κ1) is 19.4. The number of nitriles is 1. The van der Waals surface area contributed by atoms with Crippen LogP contribution in [0.15, 0.2) is 42.5 Å². The third-order valence-electron chi connectivity index (χ3n) is 5.13. The summed E-state index contributed by atoms with van der Waals surface area (Å²) in [5, 5.41) is 8.79. The summed E-state index contributed by atoms with van der Waals surface area (Å²) in [4.78, 5) is 28.5. The van der Waals surface area contributed by atoms with Gasteiger partial charge in [0.1, 0.15) is 0 Å². The summed E-state index contributed by atoms with van der Waals surface area (Å²) in [6.45, 7) is 6.63. The van der Waals surface area contributed by atoms with E-state index >= 15 is 0 Å². The molecule has 1 heterocycles. The maximum Gasteiger partial charge on any atom is 0.338 e. The Morgan fingerprint density at radius 3 is 2.36 bits per heavy atom. The normalized spacial score (nSPS) is 13.8. The molecule has 0 bridgehead atoms. The van der Waals surface area contributed by atoms with E-state index in [1.54, 1.807) is 17.0 Å². The minimum atomic E-state index is -0.563. The summed E-state index contributed by atoms with van der Waals surface area (Å²) in [6, 6.07) is 14.4. The Balaban J connectivity index is 1.50. The molecule has 0 saturated carbocycles. The van der Waals surface area contributed by atoms with Crippen LogP contribution in [0.4, 0.5) is 5.69 Å². The number of carbonyl (C=O) groups is 2. The van der Waals surface area contributed by atoms with Gasteiger partial charge in [-0.05, 0) is 55.3 Å². The molecule has 6 nitrogen and oxygen atoms in total. The Kier molecular flexibility index (Phi) is 5.95. The molecule has 2 aromatic rings. The van der Waals surface area contributed by atoms with Crippen molar-refractivity contribution in [3.05, 3.63) is 64.7 Å². The van der Waals surface area contributed by atoms with Gasteiger partial charge >= 0.3 is 5.97 Å². The average Bonchev–Trinajstić information content (AvgIpc) is 2.74. The fourth-order valence-electron chi connectivity index (χ4n) is 3.26. The molecule has 0 aliphatic carbocycles. The molecular formula is C22H23N3O3. The smallest absolute Gasteiger partial charge is 0.338 e. The van der Waals surface area contributed by atoms with Crippen molar-refractivity contribution < 1.29 is 14.3 Å². The van der Waals surface area contributed by atoms with Gasteiger partial charge in [0.25, 0.3) is 5.91 Å². The second kappa shape index (κ2) is 8.57. The van der Waals surface area contributed by atoms with Crippen molar-refractivity contribution in [1.82, 2.24) is 4.90 Å². The number of amides is 1. The summed E-state index contributed by atoms with van der Waals surface area (Å²) in [6.07, 6.45) is 0. The van der Waals surface area contributed by atoms with E-state index in [0.29, 0.717) is 24.2 Å². The second-order valence-electron chi connectivity index (χ2n) is 6.85. The SMILES string of the molecule is Cc1cccc(N2CCN(C(=O)COC(=O)c3ccc(C#N)cc3)CC2)c1C. The maximum absolute atomic E-state index is 12.4. The predicted octanol–water partition coefficient (Wildman–Crippen LogP) is 2.68. The second-order valence-corrected chi connectivity index (χ2v) is 6.85. The molecule has 0 spiro atoms. The topological polar surface area (TPSA) is 73.6 Å². The standard InChI is InChI=1S/C22H23N3O3/c1-16-4-3-5-20(17(16)2)24-10-12-25(13-11-24)21(26)15-28-22(27)19-8-6-18(14-23)7-9-19/h3-9H,10-13,15H2,1-2H3. The lowest BCUT2D eigenvalue weighted by Crippen LogP contribution is -2.50. The zero-order valence-corrected chi connectivity index (χ0v) is 16.1. The number of carbonyl (C=O) groups excluding carboxylic acids is 2. The third-order valence-corrected chi connectivity index (χ3v) is 5.13. The van der Waals surface area contributed by atoms with Crippen LogP contribution in [-0.2, 0) is 9.53 Å². The molecule has 28 heavy (non-hydrogen) atoms. The number of esters is 1. The summed E-state index contributed by atoms with van der Waals surface area (Å²) in [5.74, 6) is -0.755. The molecule has 144 valence electrons. The van der Waals surface area contributed by atoms with E-state index in [1.807, 2.05) is 6.07 Å². The molecule has 0 aromatic heterocycles. The zero-order chi connectivity index (χ0) is 20.1. The lowest BCUT2D eigenvalue weighted by atomic mass is 10.1. The minimum absolute atomic E-state index is 0.192. The number of nitrogens with zero attached hydrogens (tertiary/aromatic N) is 3. The summed E-state index contributed by atoms with van der Waals surface area (Å²) in [7, 11) is 0. The molecule has 0 radical (unpaired) electrons. The van der Waals surface area contributed by atoms with Crippen molar-refractivity contribution in [3.63, 3.8) is 0 Å². The maximum atomic E-state index is 12.4. The van der Waals surface area contributed by atoms with E-state index in [-0.39, 0.29) is 12.5 Å². The van der Waals surface area contributed by atoms with E-state index in [1.165, 1.54) is 28.9 Å². The first-order valence-corrected chi connectivity index (χ1v) is 9.26. The highest BCUT2D eigenvalue weighted by Crippen LogP contribution is 2.23. The van der Waals surface area contributed by atoms with E-state index in [9.17, 15) is 9.59 Å². The zero-order valence-electron chi connectivity index (χ0n) is 16.1. The number of aryl methyl sites for hydroxylation is 1. The molecule has 1 aliphatic heterocycles. The lowest BCUT2D eigenvalue weighted by molar-refractivity contribution is -0.134. The van der Waals surface area contributed by atoms with Gasteiger partial charge in [-0.25, -0.2) is 4.79 Å². The Bertz CT molecular complexity index is 908. The van der Waals surface area contributed by atoms with Crippen LogP contribution in [0.3, 0.4) is 0 Å². The Hall–Kier alpha value is -3.33. The van der Waals surface area contributed by atoms with Gasteiger partial charge in [0, 0.05) is 31.9 Å². The van der Waals surface area contributed by atoms with Crippen LogP contribution in [0.25, 0.3) is 0 Å². The molecule has 2 aromatic carbocycles. The number of ether oxygens (including phenoxy) is 1. The monoisotopic (exact) mass is 377 g/mol. The van der Waals surface area contributed by atoms with E-state index in [0.717, 1.165) is 13.1 Å². The summed E-state index contributed by atoms with van der Waals surface area (Å²) in [5.41, 5.74) is 4.52. The largest absolute Gasteiger partial charge is 0.452 e. The fourth-order valence-corrected chi connectivity index (χ4v) is 3.26. The van der Waals surface area contributed by atoms with Crippen molar-refractivity contribution in [2.75, 3.05) is 37.7 Å². The van der Waals surface area contributed by atoms with Crippen LogP contribution in [0.1, 0.15) is 27.0 Å². The Morgan fingerprint density at radius 1 is 1.04 bits per heavy atom. The Morgan fingerprint density at radius 2 is 1.71 bits per heavy atom. The lowest BCUT2D eigenvalue weighted by Gasteiger charge is -2.37. The van der Waals surface area contributed by atoms with Crippen LogP contribution in [0.2, 0.25) is 0 Å². The van der Waals surface area contributed by atoms with Gasteiger partial charge in [-0.15, -0.1) is 0 Å². The minimum Gasteiger partial charge on any atom is -0.452 e. The van der Waals surface area contributed by atoms with Crippen molar-refractivity contribution in [2.24, 2.45) is 0 Å². The number of anilines is 1. The van der Waals surface area contributed by atoms with Gasteiger partial charge in [0.2, 0.25) is 0 Å². The van der Waals surface area contributed by atoms with Gasteiger partial charge in [-0.3, -0.25) is 4.79 Å². The van der Waals surface area contributed by atoms with Crippen LogP contribution in [-0.4, -0.2) is 49.6 Å². The molecule has 6 heteroatoms. The van der Waals surface area contributed by atoms with E-state index < -0.39 is 5.97 Å². The van der Waals surface area contributed by atoms with Crippen molar-refractivity contribution in [3.8, 4) is 6.07 Å². The molecule has 1 fully saturated rings. The molecule has 1 aliphatic rings. The summed E-state index contributed by atoms with van der Waals surface area (Å²) < 4.78 is 5.14. The van der Waals surface area contributed by atoms with Crippen molar-refractivity contribution in [1.29, 1.82) is 5.26 Å². The number of hydrogen-bond acceptors (Lipinski definition) is 5. The number of piperazine rings is 1. The molecule has 1 saturated heterocycles. The highest BCUT2D eigenvalue weighted by Gasteiger charge is 2.23. The number of rotatable bonds is 4. The molecule has 1 amide bonds. The number of hydrogen-bond donors (Lipinski definition) is 0. The van der Waals surface area contributed by atoms with Crippen LogP contribution < -0.4 is 4.90 Å². The van der Waals surface area contributed by atoms with Gasteiger partial charge in [0.05, 0.1) is 17.2 Å². The van der Waals surface area contributed by atoms with Crippen LogP contribution in [0, 0.1) is 25.2 Å². The van der Waals surface area contributed by atoms with Crippen LogP contribution in [0.5, 0.6) is 0 Å². The van der Waals surface area contributed by atoms with Gasteiger partial charge in [0.15, 0.2) is 6.61 Å².